The molecule has 156 valence electrons. The Labute approximate surface area is 166 Å². The van der Waals surface area contributed by atoms with Crippen LogP contribution >= 0.6 is 0 Å². The van der Waals surface area contributed by atoms with Crippen molar-refractivity contribution in [3.05, 3.63) is 35.9 Å². The van der Waals surface area contributed by atoms with E-state index < -0.39 is 45.8 Å². The van der Waals surface area contributed by atoms with Crippen LogP contribution in [-0.2, 0) is 39.3 Å². The van der Waals surface area contributed by atoms with Crippen LogP contribution in [0.5, 0.6) is 0 Å². The van der Waals surface area contributed by atoms with Crippen LogP contribution in [-0.4, -0.2) is 62.9 Å². The summed E-state index contributed by atoms with van der Waals surface area (Å²) in [6.45, 7) is 7.71. The largest absolute Gasteiger partial charge is 0.365 e. The maximum atomic E-state index is 12.8. The number of rotatable bonds is 5. The molecule has 0 aliphatic carbocycles. The van der Waals surface area contributed by atoms with E-state index in [4.69, 9.17) is 23.7 Å². The minimum atomic E-state index is -3.40. The Balaban J connectivity index is 1.51. The first-order valence-corrected chi connectivity index (χ1v) is 11.4. The van der Waals surface area contributed by atoms with Gasteiger partial charge in [-0.25, -0.2) is 8.42 Å². The standard InChI is InChI=1S/C20H28O7S/c1-19(2)23-10-14(25-19)16-18-17(26-20(3,4)27-18)15(24-16)12-28(21,22)11-13-8-6-5-7-9-13/h5-9,14-18H,10-12H2,1-4H3/t14-,15+,16-,17-,18+/m1/s1. The summed E-state index contributed by atoms with van der Waals surface area (Å²) in [5, 5.41) is 0. The normalized spacial score (nSPS) is 36.5. The van der Waals surface area contributed by atoms with Gasteiger partial charge < -0.3 is 23.7 Å². The van der Waals surface area contributed by atoms with Gasteiger partial charge in [0.1, 0.15) is 30.5 Å². The second-order valence-electron chi connectivity index (χ2n) is 8.61. The fraction of sp³-hybridized carbons (Fsp3) is 0.700. The molecule has 0 aromatic heterocycles. The minimum Gasteiger partial charge on any atom is -0.365 e. The van der Waals surface area contributed by atoms with Crippen LogP contribution in [0.1, 0.15) is 33.3 Å². The molecule has 0 N–H and O–H groups in total. The molecule has 3 fully saturated rings. The third kappa shape index (κ3) is 4.27. The fourth-order valence-electron chi connectivity index (χ4n) is 4.16. The maximum Gasteiger partial charge on any atom is 0.164 e. The van der Waals surface area contributed by atoms with E-state index in [1.54, 1.807) is 0 Å². The quantitative estimate of drug-likeness (QED) is 0.732. The molecule has 5 atom stereocenters. The molecule has 7 nitrogen and oxygen atoms in total. The highest BCUT2D eigenvalue weighted by atomic mass is 32.2. The van der Waals surface area contributed by atoms with E-state index in [0.717, 1.165) is 5.56 Å². The van der Waals surface area contributed by atoms with Gasteiger partial charge in [0.05, 0.1) is 18.1 Å². The Kier molecular flexibility index (Phi) is 5.09. The monoisotopic (exact) mass is 412 g/mol. The average molecular weight is 413 g/mol. The summed E-state index contributed by atoms with van der Waals surface area (Å²) in [6, 6.07) is 9.14. The van der Waals surface area contributed by atoms with Gasteiger partial charge in [0.2, 0.25) is 0 Å². The molecule has 1 aromatic rings. The zero-order chi connectivity index (χ0) is 20.2. The van der Waals surface area contributed by atoms with Gasteiger partial charge in [-0.2, -0.15) is 0 Å². The number of sulfone groups is 1. The Bertz CT molecular complexity index is 805. The molecule has 0 amide bonds. The molecule has 0 radical (unpaired) electrons. The molecule has 3 saturated heterocycles. The van der Waals surface area contributed by atoms with Crippen LogP contribution in [0.15, 0.2) is 30.3 Å². The molecule has 1 aromatic carbocycles. The minimum absolute atomic E-state index is 0.0317. The first kappa shape index (κ1) is 20.3. The van der Waals surface area contributed by atoms with E-state index in [0.29, 0.717) is 6.61 Å². The number of hydrogen-bond donors (Lipinski definition) is 0. The average Bonchev–Trinajstić information content (AvgIpc) is 3.19. The molecule has 0 spiro atoms. The zero-order valence-corrected chi connectivity index (χ0v) is 17.5. The van der Waals surface area contributed by atoms with Crippen molar-refractivity contribution < 1.29 is 32.1 Å². The number of fused-ring (bicyclic) bond motifs is 1. The highest BCUT2D eigenvalue weighted by Gasteiger charge is 2.59. The van der Waals surface area contributed by atoms with Crippen molar-refractivity contribution in [1.29, 1.82) is 0 Å². The number of ether oxygens (including phenoxy) is 5. The van der Waals surface area contributed by atoms with Crippen LogP contribution in [0, 0.1) is 0 Å². The lowest BCUT2D eigenvalue weighted by atomic mass is 10.0. The molecule has 3 aliphatic rings. The van der Waals surface area contributed by atoms with Crippen molar-refractivity contribution >= 4 is 9.84 Å². The van der Waals surface area contributed by atoms with Crippen molar-refractivity contribution in [3.8, 4) is 0 Å². The summed E-state index contributed by atoms with van der Waals surface area (Å²) in [7, 11) is -3.40. The van der Waals surface area contributed by atoms with Gasteiger partial charge in [0, 0.05) is 0 Å². The summed E-state index contributed by atoms with van der Waals surface area (Å²) < 4.78 is 55.4. The van der Waals surface area contributed by atoms with Crippen LogP contribution in [0.3, 0.4) is 0 Å². The van der Waals surface area contributed by atoms with Crippen molar-refractivity contribution in [1.82, 2.24) is 0 Å². The molecule has 4 rings (SSSR count). The highest BCUT2D eigenvalue weighted by Crippen LogP contribution is 2.42. The van der Waals surface area contributed by atoms with Crippen molar-refractivity contribution in [3.63, 3.8) is 0 Å². The van der Waals surface area contributed by atoms with Gasteiger partial charge in [-0.3, -0.25) is 0 Å². The van der Waals surface area contributed by atoms with Crippen LogP contribution in [0.2, 0.25) is 0 Å². The van der Waals surface area contributed by atoms with Crippen molar-refractivity contribution in [2.45, 2.75) is 75.5 Å². The van der Waals surface area contributed by atoms with Gasteiger partial charge in [0.25, 0.3) is 0 Å². The van der Waals surface area contributed by atoms with E-state index >= 15 is 0 Å². The first-order chi connectivity index (χ1) is 13.0. The maximum absolute atomic E-state index is 12.8. The Morgan fingerprint density at radius 2 is 1.61 bits per heavy atom. The zero-order valence-electron chi connectivity index (χ0n) is 16.7. The molecule has 3 aliphatic heterocycles. The Morgan fingerprint density at radius 3 is 2.25 bits per heavy atom. The van der Waals surface area contributed by atoms with Crippen LogP contribution < -0.4 is 0 Å². The predicted octanol–water partition coefficient (Wildman–Crippen LogP) is 2.04. The lowest BCUT2D eigenvalue weighted by molar-refractivity contribution is -0.204. The smallest absolute Gasteiger partial charge is 0.164 e. The van der Waals surface area contributed by atoms with Crippen molar-refractivity contribution in [2.75, 3.05) is 12.4 Å². The summed E-state index contributed by atoms with van der Waals surface area (Å²) in [4.78, 5) is 0. The Morgan fingerprint density at radius 1 is 0.929 bits per heavy atom. The van der Waals surface area contributed by atoms with E-state index in [-0.39, 0.29) is 17.6 Å². The summed E-state index contributed by atoms with van der Waals surface area (Å²) in [5.74, 6) is -1.66. The van der Waals surface area contributed by atoms with Gasteiger partial charge in [-0.05, 0) is 33.3 Å². The van der Waals surface area contributed by atoms with Gasteiger partial charge in [0.15, 0.2) is 21.4 Å². The molecule has 3 heterocycles. The van der Waals surface area contributed by atoms with E-state index in [1.807, 2.05) is 58.0 Å². The summed E-state index contributed by atoms with van der Waals surface area (Å²) in [5.41, 5.74) is 0.756. The van der Waals surface area contributed by atoms with E-state index in [9.17, 15) is 8.42 Å². The third-order valence-electron chi connectivity index (χ3n) is 5.23. The molecular weight excluding hydrogens is 384 g/mol. The van der Waals surface area contributed by atoms with Crippen LogP contribution in [0.25, 0.3) is 0 Å². The number of hydrogen-bond acceptors (Lipinski definition) is 7. The summed E-state index contributed by atoms with van der Waals surface area (Å²) in [6.07, 6.45) is -2.24. The second kappa shape index (κ2) is 7.04. The molecule has 8 heteroatoms. The van der Waals surface area contributed by atoms with Gasteiger partial charge in [-0.15, -0.1) is 0 Å². The molecule has 0 unspecified atom stereocenters. The van der Waals surface area contributed by atoms with E-state index in [2.05, 4.69) is 0 Å². The molecule has 0 bridgehead atoms. The van der Waals surface area contributed by atoms with Gasteiger partial charge in [-0.1, -0.05) is 30.3 Å². The number of benzene rings is 1. The molecule has 28 heavy (non-hydrogen) atoms. The predicted molar refractivity (Wildman–Crippen MR) is 101 cm³/mol. The first-order valence-electron chi connectivity index (χ1n) is 9.61. The molecule has 0 saturated carbocycles. The summed E-state index contributed by atoms with van der Waals surface area (Å²) >= 11 is 0. The second-order valence-corrected chi connectivity index (χ2v) is 10.7. The Hall–Kier alpha value is -1.03. The fourth-order valence-corrected chi connectivity index (χ4v) is 5.75. The SMILES string of the molecule is CC1(C)O[C@@H]2[C@H](O1)[C@H](CS(=O)(=O)Cc1ccccc1)O[C@@H]2[C@H]1COC(C)(C)O1. The van der Waals surface area contributed by atoms with Gasteiger partial charge >= 0.3 is 0 Å². The third-order valence-corrected chi connectivity index (χ3v) is 6.84. The lowest BCUT2D eigenvalue weighted by Crippen LogP contribution is -2.40. The van der Waals surface area contributed by atoms with Crippen molar-refractivity contribution in [2.24, 2.45) is 0 Å². The van der Waals surface area contributed by atoms with Crippen LogP contribution in [0.4, 0.5) is 0 Å². The van der Waals surface area contributed by atoms with E-state index in [1.165, 1.54) is 0 Å². The highest BCUT2D eigenvalue weighted by molar-refractivity contribution is 7.90. The topological polar surface area (TPSA) is 80.3 Å². The lowest BCUT2D eigenvalue weighted by Gasteiger charge is -2.27. The molecular formula is C20H28O7S.